The summed E-state index contributed by atoms with van der Waals surface area (Å²) >= 11 is 0. The third-order valence-corrected chi connectivity index (χ3v) is 3.85. The highest BCUT2D eigenvalue weighted by molar-refractivity contribution is 5.78. The van der Waals surface area contributed by atoms with Gasteiger partial charge >= 0.3 is 0 Å². The number of carbonyl (C=O) groups excluding carboxylic acids is 1. The van der Waals surface area contributed by atoms with Crippen molar-refractivity contribution in [1.29, 1.82) is 0 Å². The Kier molecular flexibility index (Phi) is 4.43. The Bertz CT molecular complexity index is 428. The lowest BCUT2D eigenvalue weighted by atomic mass is 9.92. The summed E-state index contributed by atoms with van der Waals surface area (Å²) in [6.07, 6.45) is 2.54. The molecular weight excluding hydrogens is 240 g/mol. The maximum Gasteiger partial charge on any atom is 0.226 e. The van der Waals surface area contributed by atoms with Gasteiger partial charge in [0.25, 0.3) is 0 Å². The number of benzene rings is 1. The molecule has 3 N–H and O–H groups in total. The quantitative estimate of drug-likeness (QED) is 0.868. The average Bonchev–Trinajstić information content (AvgIpc) is 2.41. The summed E-state index contributed by atoms with van der Waals surface area (Å²) in [4.78, 5) is 14.2. The lowest BCUT2D eigenvalue weighted by Crippen LogP contribution is -2.45. The van der Waals surface area contributed by atoms with Crippen LogP contribution in [0.25, 0.3) is 0 Å². The van der Waals surface area contributed by atoms with E-state index in [1.165, 1.54) is 0 Å². The van der Waals surface area contributed by atoms with Gasteiger partial charge in [-0.3, -0.25) is 4.79 Å². The highest BCUT2D eigenvalue weighted by Crippen LogP contribution is 2.20. The monoisotopic (exact) mass is 262 g/mol. The van der Waals surface area contributed by atoms with Gasteiger partial charge in [0, 0.05) is 19.1 Å². The van der Waals surface area contributed by atoms with E-state index >= 15 is 0 Å². The maximum absolute atomic E-state index is 12.2. The first kappa shape index (κ1) is 13.9. The van der Waals surface area contributed by atoms with Crippen LogP contribution in [0.2, 0.25) is 0 Å². The van der Waals surface area contributed by atoms with Crippen LogP contribution in [0.3, 0.4) is 0 Å². The number of nitrogens with two attached hydrogens (primary N) is 1. The Balaban J connectivity index is 1.94. The van der Waals surface area contributed by atoms with Crippen LogP contribution in [0.15, 0.2) is 24.3 Å². The van der Waals surface area contributed by atoms with E-state index in [0.717, 1.165) is 31.5 Å². The van der Waals surface area contributed by atoms with Gasteiger partial charge in [-0.1, -0.05) is 12.1 Å². The average molecular weight is 262 g/mol. The molecule has 1 aliphatic rings. The summed E-state index contributed by atoms with van der Waals surface area (Å²) in [7, 11) is 0. The number of hydrogen-bond donors (Lipinski definition) is 2. The highest BCUT2D eigenvalue weighted by Gasteiger charge is 2.25. The molecule has 19 heavy (non-hydrogen) atoms. The number of hydrogen-bond acceptors (Lipinski definition) is 3. The molecule has 0 bridgehead atoms. The summed E-state index contributed by atoms with van der Waals surface area (Å²) in [5.41, 5.74) is 6.87. The molecule has 0 spiro atoms. The number of rotatable bonds is 3. The van der Waals surface area contributed by atoms with Gasteiger partial charge in [0.1, 0.15) is 5.75 Å². The van der Waals surface area contributed by atoms with Crippen molar-refractivity contribution in [2.24, 2.45) is 11.7 Å². The number of piperidine rings is 1. The smallest absolute Gasteiger partial charge is 0.226 e. The van der Waals surface area contributed by atoms with Crippen LogP contribution in [0, 0.1) is 5.92 Å². The summed E-state index contributed by atoms with van der Waals surface area (Å²) in [5.74, 6) is 0.791. The molecule has 1 aromatic rings. The van der Waals surface area contributed by atoms with Crippen LogP contribution in [0.4, 0.5) is 0 Å². The number of phenolic OH excluding ortho intramolecular Hbond substituents is 1. The van der Waals surface area contributed by atoms with Crippen molar-refractivity contribution in [3.8, 4) is 5.75 Å². The molecule has 0 aromatic heterocycles. The number of carbonyl (C=O) groups is 1. The third kappa shape index (κ3) is 3.70. The van der Waals surface area contributed by atoms with E-state index in [4.69, 9.17) is 5.73 Å². The molecule has 104 valence electrons. The first-order chi connectivity index (χ1) is 9.06. The Hall–Kier alpha value is -1.55. The van der Waals surface area contributed by atoms with Crippen molar-refractivity contribution in [2.45, 2.75) is 32.2 Å². The number of aromatic hydroxyl groups is 1. The van der Waals surface area contributed by atoms with E-state index < -0.39 is 0 Å². The highest BCUT2D eigenvalue weighted by atomic mass is 16.3. The molecule has 0 aliphatic carbocycles. The molecule has 2 atom stereocenters. The predicted molar refractivity (Wildman–Crippen MR) is 74.8 cm³/mol. The van der Waals surface area contributed by atoms with Gasteiger partial charge in [-0.2, -0.15) is 0 Å². The molecule has 0 saturated carbocycles. The first-order valence-corrected chi connectivity index (χ1v) is 6.87. The third-order valence-electron chi connectivity index (χ3n) is 3.85. The minimum absolute atomic E-state index is 0.143. The Labute approximate surface area is 114 Å². The van der Waals surface area contributed by atoms with Crippen LogP contribution in [0.5, 0.6) is 5.75 Å². The van der Waals surface area contributed by atoms with Crippen molar-refractivity contribution < 1.29 is 9.90 Å². The van der Waals surface area contributed by atoms with Crippen molar-refractivity contribution in [1.82, 2.24) is 4.90 Å². The SMILES string of the molecule is CC(N)C1CCCN(C(=O)Cc2ccc(O)cc2)C1. The van der Waals surface area contributed by atoms with Crippen LogP contribution >= 0.6 is 0 Å². The molecule has 2 rings (SSSR count). The fourth-order valence-corrected chi connectivity index (χ4v) is 2.57. The Morgan fingerprint density at radius 1 is 1.47 bits per heavy atom. The van der Waals surface area contributed by atoms with Crippen molar-refractivity contribution in [3.05, 3.63) is 29.8 Å². The zero-order chi connectivity index (χ0) is 13.8. The standard InChI is InChI=1S/C15H22N2O2/c1-11(16)13-3-2-8-17(10-13)15(19)9-12-4-6-14(18)7-5-12/h4-7,11,13,18H,2-3,8-10,16H2,1H3. The fraction of sp³-hybridized carbons (Fsp3) is 0.533. The molecular formula is C15H22N2O2. The van der Waals surface area contributed by atoms with E-state index in [-0.39, 0.29) is 17.7 Å². The Morgan fingerprint density at radius 2 is 2.16 bits per heavy atom. The van der Waals surface area contributed by atoms with Gasteiger partial charge in [0.15, 0.2) is 0 Å². The fourth-order valence-electron chi connectivity index (χ4n) is 2.57. The molecule has 4 nitrogen and oxygen atoms in total. The second kappa shape index (κ2) is 6.06. The molecule has 2 unspecified atom stereocenters. The van der Waals surface area contributed by atoms with Crippen molar-refractivity contribution in [3.63, 3.8) is 0 Å². The van der Waals surface area contributed by atoms with E-state index in [2.05, 4.69) is 0 Å². The van der Waals surface area contributed by atoms with Gasteiger partial charge in [-0.15, -0.1) is 0 Å². The molecule has 1 heterocycles. The Morgan fingerprint density at radius 3 is 2.79 bits per heavy atom. The summed E-state index contributed by atoms with van der Waals surface area (Å²) < 4.78 is 0. The molecule has 4 heteroatoms. The van der Waals surface area contributed by atoms with Crippen LogP contribution < -0.4 is 5.73 Å². The first-order valence-electron chi connectivity index (χ1n) is 6.87. The number of likely N-dealkylation sites (tertiary alicyclic amines) is 1. The van der Waals surface area contributed by atoms with Gasteiger partial charge in [0.05, 0.1) is 6.42 Å². The van der Waals surface area contributed by atoms with Gasteiger partial charge in [-0.25, -0.2) is 0 Å². The van der Waals surface area contributed by atoms with Gasteiger partial charge < -0.3 is 15.7 Å². The number of amides is 1. The molecule has 1 saturated heterocycles. The maximum atomic E-state index is 12.2. The summed E-state index contributed by atoms with van der Waals surface area (Å²) in [6.45, 7) is 3.62. The molecule has 1 amide bonds. The van der Waals surface area contributed by atoms with Gasteiger partial charge in [0.2, 0.25) is 5.91 Å². The predicted octanol–water partition coefficient (Wildman–Crippen LogP) is 1.52. The number of phenols is 1. The minimum atomic E-state index is 0.143. The molecule has 0 radical (unpaired) electrons. The number of nitrogens with zero attached hydrogens (tertiary/aromatic N) is 1. The molecule has 1 aromatic carbocycles. The summed E-state index contributed by atoms with van der Waals surface area (Å²) in [5, 5.41) is 9.23. The van der Waals surface area contributed by atoms with Crippen molar-refractivity contribution in [2.75, 3.05) is 13.1 Å². The van der Waals surface area contributed by atoms with Crippen molar-refractivity contribution >= 4 is 5.91 Å². The van der Waals surface area contributed by atoms with Crippen LogP contribution in [-0.4, -0.2) is 35.0 Å². The van der Waals surface area contributed by atoms with Gasteiger partial charge in [-0.05, 0) is 43.4 Å². The zero-order valence-corrected chi connectivity index (χ0v) is 11.4. The van der Waals surface area contributed by atoms with Crippen LogP contribution in [0.1, 0.15) is 25.3 Å². The zero-order valence-electron chi connectivity index (χ0n) is 11.4. The largest absolute Gasteiger partial charge is 0.508 e. The van der Waals surface area contributed by atoms with E-state index in [9.17, 15) is 9.90 Å². The second-order valence-electron chi connectivity index (χ2n) is 5.44. The molecule has 1 aliphatic heterocycles. The molecule has 1 fully saturated rings. The minimum Gasteiger partial charge on any atom is -0.508 e. The second-order valence-corrected chi connectivity index (χ2v) is 5.44. The lowest BCUT2D eigenvalue weighted by molar-refractivity contribution is -0.132. The van der Waals surface area contributed by atoms with E-state index in [1.54, 1.807) is 24.3 Å². The lowest BCUT2D eigenvalue weighted by Gasteiger charge is -2.34. The normalized spacial score (nSPS) is 21.2. The topological polar surface area (TPSA) is 66.6 Å². The summed E-state index contributed by atoms with van der Waals surface area (Å²) in [6, 6.07) is 6.96. The van der Waals surface area contributed by atoms with E-state index in [1.807, 2.05) is 11.8 Å². The van der Waals surface area contributed by atoms with E-state index in [0.29, 0.717) is 12.3 Å². The van der Waals surface area contributed by atoms with Crippen LogP contribution in [-0.2, 0) is 11.2 Å².